The first-order valence-corrected chi connectivity index (χ1v) is 5.21. The summed E-state index contributed by atoms with van der Waals surface area (Å²) in [6, 6.07) is 7.58. The second-order valence-electron chi connectivity index (χ2n) is 3.29. The number of hydrogen-bond donors (Lipinski definition) is 2. The van der Waals surface area contributed by atoms with E-state index in [1.165, 1.54) is 0 Å². The largest absolute Gasteiger partial charge is 0.384 e. The summed E-state index contributed by atoms with van der Waals surface area (Å²) in [7, 11) is 0. The molecule has 1 aromatic carbocycles. The predicted octanol–water partition coefficient (Wildman–Crippen LogP) is 1.06. The van der Waals surface area contributed by atoms with Gasteiger partial charge in [0.05, 0.1) is 0 Å². The number of carbonyl (C=O) groups excluding carboxylic acids is 1. The third-order valence-electron chi connectivity index (χ3n) is 2.05. The summed E-state index contributed by atoms with van der Waals surface area (Å²) in [6.07, 6.45) is 0.490. The molecule has 3 heteroatoms. The lowest BCUT2D eigenvalue weighted by Gasteiger charge is -2.03. The van der Waals surface area contributed by atoms with Crippen molar-refractivity contribution in [2.45, 2.75) is 19.9 Å². The van der Waals surface area contributed by atoms with Crippen molar-refractivity contribution in [2.75, 3.05) is 6.61 Å². The standard InChI is InChI=1S/C13H15NO2/c1-2-13(16)14-10-12-6-3-5-11(9-12)7-4-8-15/h3,5-6,9,15H,2,8,10H2,1H3,(H,14,16). The van der Waals surface area contributed by atoms with Crippen LogP contribution in [0.25, 0.3) is 0 Å². The highest BCUT2D eigenvalue weighted by Gasteiger charge is 1.97. The maximum atomic E-state index is 11.1. The lowest BCUT2D eigenvalue weighted by Crippen LogP contribution is -2.21. The Morgan fingerprint density at radius 1 is 1.50 bits per heavy atom. The van der Waals surface area contributed by atoms with Crippen molar-refractivity contribution >= 4 is 5.91 Å². The van der Waals surface area contributed by atoms with Crippen LogP contribution in [-0.2, 0) is 11.3 Å². The lowest BCUT2D eigenvalue weighted by atomic mass is 10.1. The van der Waals surface area contributed by atoms with Crippen molar-refractivity contribution in [1.82, 2.24) is 5.32 Å². The molecule has 0 aliphatic rings. The summed E-state index contributed by atoms with van der Waals surface area (Å²) in [4.78, 5) is 11.1. The topological polar surface area (TPSA) is 49.3 Å². The maximum Gasteiger partial charge on any atom is 0.219 e. The number of aliphatic hydroxyl groups excluding tert-OH is 1. The van der Waals surface area contributed by atoms with Crippen LogP contribution in [0.5, 0.6) is 0 Å². The average Bonchev–Trinajstić information content (AvgIpc) is 2.34. The maximum absolute atomic E-state index is 11.1. The first kappa shape index (κ1) is 12.3. The van der Waals surface area contributed by atoms with Crippen LogP contribution in [0.2, 0.25) is 0 Å². The number of amides is 1. The van der Waals surface area contributed by atoms with Gasteiger partial charge in [-0.15, -0.1) is 0 Å². The smallest absolute Gasteiger partial charge is 0.219 e. The summed E-state index contributed by atoms with van der Waals surface area (Å²) < 4.78 is 0. The van der Waals surface area contributed by atoms with Gasteiger partial charge in [-0.3, -0.25) is 4.79 Å². The van der Waals surface area contributed by atoms with Crippen molar-refractivity contribution in [3.8, 4) is 11.8 Å². The number of benzene rings is 1. The summed E-state index contributed by atoms with van der Waals surface area (Å²) >= 11 is 0. The summed E-state index contributed by atoms with van der Waals surface area (Å²) in [6.45, 7) is 2.19. The number of carbonyl (C=O) groups is 1. The Hall–Kier alpha value is -1.79. The van der Waals surface area contributed by atoms with Gasteiger partial charge in [0.25, 0.3) is 0 Å². The second kappa shape index (κ2) is 6.65. The van der Waals surface area contributed by atoms with Crippen LogP contribution in [-0.4, -0.2) is 17.6 Å². The first-order valence-electron chi connectivity index (χ1n) is 5.21. The minimum Gasteiger partial charge on any atom is -0.384 e. The van der Waals surface area contributed by atoms with Crippen LogP contribution in [0.15, 0.2) is 24.3 Å². The molecule has 1 aromatic rings. The Morgan fingerprint density at radius 3 is 3.00 bits per heavy atom. The molecule has 0 spiro atoms. The van der Waals surface area contributed by atoms with Crippen molar-refractivity contribution < 1.29 is 9.90 Å². The van der Waals surface area contributed by atoms with E-state index in [0.29, 0.717) is 13.0 Å². The molecule has 1 rings (SSSR count). The molecule has 0 atom stereocenters. The number of nitrogens with one attached hydrogen (secondary N) is 1. The minimum absolute atomic E-state index is 0.0341. The van der Waals surface area contributed by atoms with Gasteiger partial charge < -0.3 is 10.4 Å². The molecule has 2 N–H and O–H groups in total. The molecular formula is C13H15NO2. The number of aliphatic hydroxyl groups is 1. The normalized spacial score (nSPS) is 9.12. The Bertz CT molecular complexity index is 415. The van der Waals surface area contributed by atoms with Gasteiger partial charge >= 0.3 is 0 Å². The molecule has 0 aromatic heterocycles. The third kappa shape index (κ3) is 4.16. The summed E-state index contributed by atoms with van der Waals surface area (Å²) in [5.41, 5.74) is 1.85. The zero-order chi connectivity index (χ0) is 11.8. The number of rotatable bonds is 3. The van der Waals surface area contributed by atoms with Gasteiger partial charge in [0, 0.05) is 18.5 Å². The number of hydrogen-bond acceptors (Lipinski definition) is 2. The molecule has 0 saturated heterocycles. The molecule has 1 amide bonds. The molecule has 0 aliphatic carbocycles. The van der Waals surface area contributed by atoms with E-state index in [-0.39, 0.29) is 12.5 Å². The van der Waals surface area contributed by atoms with E-state index >= 15 is 0 Å². The summed E-state index contributed by atoms with van der Waals surface area (Å²) in [5, 5.41) is 11.4. The Balaban J connectivity index is 2.64. The van der Waals surface area contributed by atoms with E-state index in [0.717, 1.165) is 11.1 Å². The molecule has 0 aliphatic heterocycles. The highest BCUT2D eigenvalue weighted by Crippen LogP contribution is 2.03. The molecule has 0 fully saturated rings. The average molecular weight is 217 g/mol. The van der Waals surface area contributed by atoms with Crippen LogP contribution < -0.4 is 5.32 Å². The van der Waals surface area contributed by atoms with E-state index in [4.69, 9.17) is 5.11 Å². The quantitative estimate of drug-likeness (QED) is 0.744. The second-order valence-corrected chi connectivity index (χ2v) is 3.29. The fraction of sp³-hybridized carbons (Fsp3) is 0.308. The van der Waals surface area contributed by atoms with Crippen LogP contribution in [0, 0.1) is 11.8 Å². The molecule has 0 heterocycles. The van der Waals surface area contributed by atoms with E-state index in [2.05, 4.69) is 17.2 Å². The van der Waals surface area contributed by atoms with E-state index in [1.807, 2.05) is 31.2 Å². The minimum atomic E-state index is -0.142. The van der Waals surface area contributed by atoms with Crippen LogP contribution in [0.1, 0.15) is 24.5 Å². The molecule has 3 nitrogen and oxygen atoms in total. The Morgan fingerprint density at radius 2 is 2.31 bits per heavy atom. The highest BCUT2D eigenvalue weighted by molar-refractivity contribution is 5.75. The van der Waals surface area contributed by atoms with Crippen molar-refractivity contribution in [3.63, 3.8) is 0 Å². The van der Waals surface area contributed by atoms with Crippen molar-refractivity contribution in [3.05, 3.63) is 35.4 Å². The molecule has 0 unspecified atom stereocenters. The first-order chi connectivity index (χ1) is 7.76. The van der Waals surface area contributed by atoms with Gasteiger partial charge in [-0.1, -0.05) is 30.9 Å². The van der Waals surface area contributed by atoms with Gasteiger partial charge in [0.1, 0.15) is 6.61 Å². The van der Waals surface area contributed by atoms with Gasteiger partial charge in [-0.25, -0.2) is 0 Å². The molecule has 0 bridgehead atoms. The Labute approximate surface area is 95.5 Å². The zero-order valence-corrected chi connectivity index (χ0v) is 9.29. The summed E-state index contributed by atoms with van der Waals surface area (Å²) in [5.74, 6) is 5.44. The van der Waals surface area contributed by atoms with Gasteiger partial charge in [-0.2, -0.15) is 0 Å². The zero-order valence-electron chi connectivity index (χ0n) is 9.29. The highest BCUT2D eigenvalue weighted by atomic mass is 16.2. The SMILES string of the molecule is CCC(=O)NCc1cccc(C#CCO)c1. The van der Waals surface area contributed by atoms with E-state index in [1.54, 1.807) is 0 Å². The third-order valence-corrected chi connectivity index (χ3v) is 2.05. The van der Waals surface area contributed by atoms with Gasteiger partial charge in [0.15, 0.2) is 0 Å². The fourth-order valence-electron chi connectivity index (χ4n) is 1.23. The van der Waals surface area contributed by atoms with Crippen LogP contribution in [0.3, 0.4) is 0 Å². The van der Waals surface area contributed by atoms with Crippen LogP contribution >= 0.6 is 0 Å². The molecule has 0 saturated carbocycles. The molecular weight excluding hydrogens is 202 g/mol. The molecule has 16 heavy (non-hydrogen) atoms. The van der Waals surface area contributed by atoms with Crippen LogP contribution in [0.4, 0.5) is 0 Å². The van der Waals surface area contributed by atoms with Gasteiger partial charge in [-0.05, 0) is 17.7 Å². The fourth-order valence-corrected chi connectivity index (χ4v) is 1.23. The van der Waals surface area contributed by atoms with E-state index < -0.39 is 0 Å². The van der Waals surface area contributed by atoms with E-state index in [9.17, 15) is 4.79 Å². The van der Waals surface area contributed by atoms with Crippen molar-refractivity contribution in [2.24, 2.45) is 0 Å². The monoisotopic (exact) mass is 217 g/mol. The lowest BCUT2D eigenvalue weighted by molar-refractivity contribution is -0.120. The predicted molar refractivity (Wildman–Crippen MR) is 62.5 cm³/mol. The van der Waals surface area contributed by atoms with Gasteiger partial charge in [0.2, 0.25) is 5.91 Å². The molecule has 84 valence electrons. The Kier molecular flexibility index (Phi) is 5.10. The van der Waals surface area contributed by atoms with Crippen molar-refractivity contribution in [1.29, 1.82) is 0 Å². The molecule has 0 radical (unpaired) electrons.